The Morgan fingerprint density at radius 1 is 1.44 bits per heavy atom. The fourth-order valence-corrected chi connectivity index (χ4v) is 3.26. The molecule has 1 atom stereocenters. The summed E-state index contributed by atoms with van der Waals surface area (Å²) in [6, 6.07) is 0.613. The van der Waals surface area contributed by atoms with Crippen molar-refractivity contribution < 1.29 is 0 Å². The zero-order valence-electron chi connectivity index (χ0n) is 11.6. The monoisotopic (exact) mass is 268 g/mol. The van der Waals surface area contributed by atoms with Gasteiger partial charge in [0, 0.05) is 49.7 Å². The Balaban J connectivity index is 1.89. The average Bonchev–Trinajstić information content (AvgIpc) is 2.79. The lowest BCUT2D eigenvalue weighted by Gasteiger charge is -2.37. The maximum Gasteiger partial charge on any atom is 0.0944 e. The number of piperazine rings is 1. The Kier molecular flexibility index (Phi) is 5.12. The molecular weight excluding hydrogens is 244 g/mol. The minimum atomic E-state index is 0.613. The zero-order chi connectivity index (χ0) is 13.0. The highest BCUT2D eigenvalue weighted by atomic mass is 32.1. The molecule has 0 saturated carbocycles. The molecule has 18 heavy (non-hydrogen) atoms. The Hall–Kier alpha value is -0.490. The van der Waals surface area contributed by atoms with E-state index in [2.05, 4.69) is 41.1 Å². The molecule has 0 aromatic carbocycles. The quantitative estimate of drug-likeness (QED) is 0.865. The number of nitrogens with zero attached hydrogens (tertiary/aromatic N) is 3. The van der Waals surface area contributed by atoms with Crippen LogP contribution in [0.2, 0.25) is 0 Å². The summed E-state index contributed by atoms with van der Waals surface area (Å²) in [5.41, 5.74) is 0. The number of aromatic nitrogens is 1. The smallest absolute Gasteiger partial charge is 0.0944 e. The topological polar surface area (TPSA) is 31.4 Å². The highest BCUT2D eigenvalue weighted by Gasteiger charge is 2.23. The van der Waals surface area contributed by atoms with Crippen LogP contribution in [-0.2, 0) is 13.0 Å². The second-order valence-corrected chi connectivity index (χ2v) is 6.30. The molecule has 1 N–H and O–H groups in total. The van der Waals surface area contributed by atoms with Crippen LogP contribution in [0.4, 0.5) is 0 Å². The van der Waals surface area contributed by atoms with E-state index in [0.717, 1.165) is 32.6 Å². The Morgan fingerprint density at radius 3 is 3.06 bits per heavy atom. The number of hydrogen-bond acceptors (Lipinski definition) is 5. The van der Waals surface area contributed by atoms with Crippen LogP contribution in [0.25, 0.3) is 0 Å². The van der Waals surface area contributed by atoms with Gasteiger partial charge in [-0.2, -0.15) is 0 Å². The van der Waals surface area contributed by atoms with Crippen LogP contribution < -0.4 is 5.32 Å². The van der Waals surface area contributed by atoms with Crippen molar-refractivity contribution in [1.82, 2.24) is 20.1 Å². The number of nitrogens with one attached hydrogen (secondary N) is 1. The minimum absolute atomic E-state index is 0.613. The summed E-state index contributed by atoms with van der Waals surface area (Å²) in [6.07, 6.45) is 3.10. The lowest BCUT2D eigenvalue weighted by molar-refractivity contribution is 0.114. The second kappa shape index (κ2) is 6.61. The van der Waals surface area contributed by atoms with Gasteiger partial charge in [-0.1, -0.05) is 6.92 Å². The van der Waals surface area contributed by atoms with Crippen molar-refractivity contribution in [3.05, 3.63) is 16.1 Å². The van der Waals surface area contributed by atoms with E-state index >= 15 is 0 Å². The molecule has 102 valence electrons. The van der Waals surface area contributed by atoms with Crippen LogP contribution in [0.15, 0.2) is 6.20 Å². The van der Waals surface area contributed by atoms with E-state index < -0.39 is 0 Å². The molecule has 1 unspecified atom stereocenters. The molecule has 0 aliphatic carbocycles. The summed E-state index contributed by atoms with van der Waals surface area (Å²) in [7, 11) is 4.43. The molecule has 0 amide bonds. The van der Waals surface area contributed by atoms with Gasteiger partial charge >= 0.3 is 0 Å². The third-order valence-electron chi connectivity index (χ3n) is 3.54. The number of likely N-dealkylation sites (N-methyl/N-ethyl adjacent to an activating group) is 2. The largest absolute Gasteiger partial charge is 0.312 e. The van der Waals surface area contributed by atoms with E-state index in [-0.39, 0.29) is 0 Å². The number of hydrogen-bond donors (Lipinski definition) is 1. The van der Waals surface area contributed by atoms with Gasteiger partial charge in [-0.15, -0.1) is 11.3 Å². The molecule has 2 rings (SSSR count). The van der Waals surface area contributed by atoms with Crippen LogP contribution in [0.1, 0.15) is 16.8 Å². The zero-order valence-corrected chi connectivity index (χ0v) is 12.5. The van der Waals surface area contributed by atoms with E-state index in [1.165, 1.54) is 16.4 Å². The van der Waals surface area contributed by atoms with Gasteiger partial charge in [0.15, 0.2) is 0 Å². The number of thiazole rings is 1. The summed E-state index contributed by atoms with van der Waals surface area (Å²) in [4.78, 5) is 10.8. The van der Waals surface area contributed by atoms with Crippen LogP contribution in [0.5, 0.6) is 0 Å². The van der Waals surface area contributed by atoms with Gasteiger partial charge in [0.05, 0.1) is 5.01 Å². The standard InChI is InChI=1S/C13H24N4S/c1-4-14-8-12-9-15-13(18-12)7-11-10-16(2)5-6-17(11)3/h9,11,14H,4-8,10H2,1-3H3. The van der Waals surface area contributed by atoms with Gasteiger partial charge in [0.2, 0.25) is 0 Å². The predicted octanol–water partition coefficient (Wildman–Crippen LogP) is 1.04. The minimum Gasteiger partial charge on any atom is -0.312 e. The molecule has 2 heterocycles. The van der Waals surface area contributed by atoms with Gasteiger partial charge in [0.25, 0.3) is 0 Å². The lowest BCUT2D eigenvalue weighted by atomic mass is 10.1. The molecule has 1 aliphatic rings. The Labute approximate surface area is 114 Å². The molecule has 1 aliphatic heterocycles. The lowest BCUT2D eigenvalue weighted by Crippen LogP contribution is -2.50. The van der Waals surface area contributed by atoms with Crippen molar-refractivity contribution in [1.29, 1.82) is 0 Å². The normalized spacial score (nSPS) is 22.5. The summed E-state index contributed by atoms with van der Waals surface area (Å²) in [5, 5.41) is 4.62. The average molecular weight is 268 g/mol. The van der Waals surface area contributed by atoms with Crippen molar-refractivity contribution in [3.63, 3.8) is 0 Å². The molecular formula is C13H24N4S. The molecule has 1 aromatic heterocycles. The van der Waals surface area contributed by atoms with Crippen LogP contribution in [-0.4, -0.2) is 61.1 Å². The van der Waals surface area contributed by atoms with Crippen molar-refractivity contribution >= 4 is 11.3 Å². The fourth-order valence-electron chi connectivity index (χ4n) is 2.30. The van der Waals surface area contributed by atoms with Crippen molar-refractivity contribution in [2.24, 2.45) is 0 Å². The first kappa shape index (κ1) is 13.9. The van der Waals surface area contributed by atoms with Crippen molar-refractivity contribution in [3.8, 4) is 0 Å². The van der Waals surface area contributed by atoms with Crippen molar-refractivity contribution in [2.75, 3.05) is 40.3 Å². The third-order valence-corrected chi connectivity index (χ3v) is 4.56. The predicted molar refractivity (Wildman–Crippen MR) is 77.1 cm³/mol. The van der Waals surface area contributed by atoms with E-state index in [4.69, 9.17) is 0 Å². The van der Waals surface area contributed by atoms with E-state index in [1.54, 1.807) is 0 Å². The highest BCUT2D eigenvalue weighted by molar-refractivity contribution is 7.11. The van der Waals surface area contributed by atoms with E-state index in [0.29, 0.717) is 6.04 Å². The molecule has 1 aromatic rings. The van der Waals surface area contributed by atoms with Gasteiger partial charge in [-0.05, 0) is 20.6 Å². The highest BCUT2D eigenvalue weighted by Crippen LogP contribution is 2.18. The second-order valence-electron chi connectivity index (χ2n) is 5.10. The summed E-state index contributed by atoms with van der Waals surface area (Å²) in [5.74, 6) is 0. The molecule has 0 spiro atoms. The van der Waals surface area contributed by atoms with Gasteiger partial charge in [-0.3, -0.25) is 0 Å². The molecule has 0 radical (unpaired) electrons. The summed E-state index contributed by atoms with van der Waals surface area (Å²) >= 11 is 1.85. The van der Waals surface area contributed by atoms with Gasteiger partial charge in [-0.25, -0.2) is 4.98 Å². The SMILES string of the molecule is CCNCc1cnc(CC2CN(C)CCN2C)s1. The van der Waals surface area contributed by atoms with Crippen molar-refractivity contribution in [2.45, 2.75) is 25.9 Å². The van der Waals surface area contributed by atoms with Crippen LogP contribution in [0.3, 0.4) is 0 Å². The molecule has 4 nitrogen and oxygen atoms in total. The van der Waals surface area contributed by atoms with Gasteiger partial charge in [0.1, 0.15) is 0 Å². The first-order chi connectivity index (χ1) is 8.69. The van der Waals surface area contributed by atoms with Crippen LogP contribution in [0, 0.1) is 0 Å². The first-order valence-corrected chi connectivity index (χ1v) is 7.53. The summed E-state index contributed by atoms with van der Waals surface area (Å²) in [6.45, 7) is 7.60. The fraction of sp³-hybridized carbons (Fsp3) is 0.769. The molecule has 5 heteroatoms. The Bertz CT molecular complexity index is 366. The maximum atomic E-state index is 4.56. The Morgan fingerprint density at radius 2 is 2.28 bits per heavy atom. The van der Waals surface area contributed by atoms with E-state index in [1.807, 2.05) is 17.5 Å². The molecule has 0 bridgehead atoms. The molecule has 1 fully saturated rings. The van der Waals surface area contributed by atoms with Crippen LogP contribution >= 0.6 is 11.3 Å². The molecule has 1 saturated heterocycles. The third kappa shape index (κ3) is 3.75. The summed E-state index contributed by atoms with van der Waals surface area (Å²) < 4.78 is 0. The van der Waals surface area contributed by atoms with E-state index in [9.17, 15) is 0 Å². The first-order valence-electron chi connectivity index (χ1n) is 6.72. The number of rotatable bonds is 5. The van der Waals surface area contributed by atoms with Gasteiger partial charge < -0.3 is 15.1 Å². The maximum absolute atomic E-state index is 4.56.